The Morgan fingerprint density at radius 1 is 1.29 bits per heavy atom. The minimum Gasteiger partial charge on any atom is -0.271 e. The van der Waals surface area contributed by atoms with Crippen molar-refractivity contribution in [3.63, 3.8) is 0 Å². The zero-order valence-electron chi connectivity index (χ0n) is 10.2. The Hall–Kier alpha value is -0.930. The van der Waals surface area contributed by atoms with Crippen LogP contribution in [-0.4, -0.2) is 0 Å². The molecule has 3 heteroatoms. The van der Waals surface area contributed by atoms with Gasteiger partial charge in [-0.1, -0.05) is 43.9 Å². The first-order valence-corrected chi connectivity index (χ1v) is 6.52. The molecule has 1 aliphatic rings. The Labute approximate surface area is 102 Å². The maximum absolute atomic E-state index is 13.6. The fourth-order valence-corrected chi connectivity index (χ4v) is 2.79. The summed E-state index contributed by atoms with van der Waals surface area (Å²) in [5.74, 6) is 6.19. The first-order chi connectivity index (χ1) is 8.31. The Morgan fingerprint density at radius 2 is 2.00 bits per heavy atom. The van der Waals surface area contributed by atoms with Crippen LogP contribution < -0.4 is 11.3 Å². The van der Waals surface area contributed by atoms with Crippen LogP contribution in [0.25, 0.3) is 0 Å². The molecule has 1 atom stereocenters. The molecule has 94 valence electrons. The number of hydrazine groups is 1. The van der Waals surface area contributed by atoms with Crippen LogP contribution in [0.4, 0.5) is 4.39 Å². The quantitative estimate of drug-likeness (QED) is 0.608. The van der Waals surface area contributed by atoms with E-state index in [1.54, 1.807) is 6.07 Å². The molecule has 1 fully saturated rings. The minimum absolute atomic E-state index is 0.0585. The van der Waals surface area contributed by atoms with E-state index in [4.69, 9.17) is 5.84 Å². The molecule has 0 saturated heterocycles. The van der Waals surface area contributed by atoms with E-state index in [-0.39, 0.29) is 11.9 Å². The van der Waals surface area contributed by atoms with Gasteiger partial charge in [0.1, 0.15) is 5.82 Å². The van der Waals surface area contributed by atoms with Crippen LogP contribution in [-0.2, 0) is 0 Å². The van der Waals surface area contributed by atoms with Gasteiger partial charge in [-0.3, -0.25) is 11.3 Å². The third-order valence-electron chi connectivity index (χ3n) is 3.82. The number of halogens is 1. The highest BCUT2D eigenvalue weighted by atomic mass is 19.1. The van der Waals surface area contributed by atoms with Crippen LogP contribution in [0.5, 0.6) is 0 Å². The van der Waals surface area contributed by atoms with Crippen molar-refractivity contribution in [2.24, 2.45) is 11.8 Å². The summed E-state index contributed by atoms with van der Waals surface area (Å²) in [6, 6.07) is 6.82. The monoisotopic (exact) mass is 236 g/mol. The summed E-state index contributed by atoms with van der Waals surface area (Å²) in [5.41, 5.74) is 3.43. The third kappa shape index (κ3) is 3.27. The summed E-state index contributed by atoms with van der Waals surface area (Å²) in [4.78, 5) is 0. The molecular weight excluding hydrogens is 215 g/mol. The lowest BCUT2D eigenvalue weighted by Crippen LogP contribution is -2.29. The van der Waals surface area contributed by atoms with Crippen molar-refractivity contribution in [1.29, 1.82) is 0 Å². The molecule has 17 heavy (non-hydrogen) atoms. The fourth-order valence-electron chi connectivity index (χ4n) is 2.79. The normalized spacial score (nSPS) is 18.5. The van der Waals surface area contributed by atoms with Gasteiger partial charge in [-0.2, -0.15) is 0 Å². The lowest BCUT2D eigenvalue weighted by Gasteiger charge is -2.19. The maximum atomic E-state index is 13.6. The molecule has 1 unspecified atom stereocenters. The first-order valence-electron chi connectivity index (χ1n) is 6.52. The first kappa shape index (κ1) is 12.5. The number of benzene rings is 1. The lowest BCUT2D eigenvalue weighted by molar-refractivity contribution is 0.407. The summed E-state index contributed by atoms with van der Waals surface area (Å²) in [6.45, 7) is 0. The Balaban J connectivity index is 1.94. The summed E-state index contributed by atoms with van der Waals surface area (Å²) >= 11 is 0. The molecule has 2 rings (SSSR count). The molecule has 0 amide bonds. The van der Waals surface area contributed by atoms with Crippen LogP contribution in [0.15, 0.2) is 24.3 Å². The second kappa shape index (κ2) is 6.12. The molecule has 3 N–H and O–H groups in total. The molecule has 1 aromatic rings. The van der Waals surface area contributed by atoms with E-state index in [1.165, 1.54) is 31.7 Å². The molecule has 1 aliphatic carbocycles. The van der Waals surface area contributed by atoms with Gasteiger partial charge in [-0.15, -0.1) is 0 Å². The van der Waals surface area contributed by atoms with E-state index in [0.717, 1.165) is 18.8 Å². The molecular formula is C14H21FN2. The molecule has 2 nitrogen and oxygen atoms in total. The van der Waals surface area contributed by atoms with E-state index in [1.807, 2.05) is 12.1 Å². The third-order valence-corrected chi connectivity index (χ3v) is 3.82. The van der Waals surface area contributed by atoms with Crippen LogP contribution in [0, 0.1) is 11.7 Å². The molecule has 0 heterocycles. The predicted octanol–water partition coefficient (Wildman–Crippen LogP) is 3.30. The summed E-state index contributed by atoms with van der Waals surface area (Å²) in [5, 5.41) is 0. The standard InChI is InChI=1S/C14H21FN2/c15-13-8-4-3-7-12(13)14(17-16)10-9-11-5-1-2-6-11/h3-4,7-8,11,14,17H,1-2,5-6,9-10,16H2. The van der Waals surface area contributed by atoms with E-state index in [9.17, 15) is 4.39 Å². The summed E-state index contributed by atoms with van der Waals surface area (Å²) in [7, 11) is 0. The number of hydrogen-bond acceptors (Lipinski definition) is 2. The van der Waals surface area contributed by atoms with Crippen molar-refractivity contribution in [2.75, 3.05) is 0 Å². The van der Waals surface area contributed by atoms with Gasteiger partial charge in [-0.05, 0) is 24.8 Å². The highest BCUT2D eigenvalue weighted by Gasteiger charge is 2.19. The van der Waals surface area contributed by atoms with Gasteiger partial charge in [0.2, 0.25) is 0 Å². The van der Waals surface area contributed by atoms with E-state index in [2.05, 4.69) is 5.43 Å². The van der Waals surface area contributed by atoms with Gasteiger partial charge in [-0.25, -0.2) is 4.39 Å². The summed E-state index contributed by atoms with van der Waals surface area (Å²) in [6.07, 6.45) is 7.42. The maximum Gasteiger partial charge on any atom is 0.128 e. The van der Waals surface area contributed by atoms with Gasteiger partial charge >= 0.3 is 0 Å². The average molecular weight is 236 g/mol. The smallest absolute Gasteiger partial charge is 0.128 e. The van der Waals surface area contributed by atoms with E-state index >= 15 is 0 Å². The molecule has 0 aliphatic heterocycles. The molecule has 0 aromatic heterocycles. The highest BCUT2D eigenvalue weighted by Crippen LogP contribution is 2.31. The largest absolute Gasteiger partial charge is 0.271 e. The highest BCUT2D eigenvalue weighted by molar-refractivity contribution is 5.20. The molecule has 0 spiro atoms. The zero-order chi connectivity index (χ0) is 12.1. The minimum atomic E-state index is -0.165. The Morgan fingerprint density at radius 3 is 2.65 bits per heavy atom. The predicted molar refractivity (Wildman–Crippen MR) is 67.7 cm³/mol. The van der Waals surface area contributed by atoms with Crippen molar-refractivity contribution < 1.29 is 4.39 Å². The Kier molecular flexibility index (Phi) is 4.51. The average Bonchev–Trinajstić information content (AvgIpc) is 2.85. The topological polar surface area (TPSA) is 38.0 Å². The van der Waals surface area contributed by atoms with Crippen molar-refractivity contribution in [3.8, 4) is 0 Å². The van der Waals surface area contributed by atoms with E-state index < -0.39 is 0 Å². The lowest BCUT2D eigenvalue weighted by atomic mass is 9.95. The van der Waals surface area contributed by atoms with Crippen LogP contribution in [0.1, 0.15) is 50.1 Å². The van der Waals surface area contributed by atoms with Crippen molar-refractivity contribution in [1.82, 2.24) is 5.43 Å². The van der Waals surface area contributed by atoms with Gasteiger partial charge in [0, 0.05) is 11.6 Å². The van der Waals surface area contributed by atoms with Crippen LogP contribution >= 0.6 is 0 Å². The van der Waals surface area contributed by atoms with Crippen LogP contribution in [0.2, 0.25) is 0 Å². The van der Waals surface area contributed by atoms with Crippen molar-refractivity contribution in [2.45, 2.75) is 44.6 Å². The van der Waals surface area contributed by atoms with Gasteiger partial charge < -0.3 is 0 Å². The molecule has 1 aromatic carbocycles. The Bertz CT molecular complexity index is 348. The molecule has 1 saturated carbocycles. The second-order valence-electron chi connectivity index (χ2n) is 4.97. The second-order valence-corrected chi connectivity index (χ2v) is 4.97. The van der Waals surface area contributed by atoms with Crippen LogP contribution in [0.3, 0.4) is 0 Å². The van der Waals surface area contributed by atoms with Gasteiger partial charge in [0.15, 0.2) is 0 Å². The zero-order valence-corrected chi connectivity index (χ0v) is 10.2. The number of nitrogens with one attached hydrogen (secondary N) is 1. The fraction of sp³-hybridized carbons (Fsp3) is 0.571. The van der Waals surface area contributed by atoms with Crippen molar-refractivity contribution >= 4 is 0 Å². The molecule has 0 bridgehead atoms. The van der Waals surface area contributed by atoms with Gasteiger partial charge in [0.25, 0.3) is 0 Å². The summed E-state index contributed by atoms with van der Waals surface area (Å²) < 4.78 is 13.6. The number of nitrogens with two attached hydrogens (primary N) is 1. The van der Waals surface area contributed by atoms with Crippen molar-refractivity contribution in [3.05, 3.63) is 35.6 Å². The van der Waals surface area contributed by atoms with Gasteiger partial charge in [0.05, 0.1) is 0 Å². The SMILES string of the molecule is NNC(CCC1CCCC1)c1ccccc1F. The molecule has 0 radical (unpaired) electrons. The number of rotatable bonds is 5. The van der Waals surface area contributed by atoms with E-state index in [0.29, 0.717) is 5.56 Å². The number of hydrogen-bond donors (Lipinski definition) is 2.